The molecule has 0 saturated carbocycles. The van der Waals surface area contributed by atoms with Crippen LogP contribution < -0.4 is 5.32 Å². The van der Waals surface area contributed by atoms with Crippen molar-refractivity contribution in [2.75, 3.05) is 0 Å². The second kappa shape index (κ2) is 5.96. The molecule has 0 aromatic heterocycles. The van der Waals surface area contributed by atoms with Crippen molar-refractivity contribution in [2.24, 2.45) is 0 Å². The molecule has 7 heteroatoms. The van der Waals surface area contributed by atoms with Crippen molar-refractivity contribution < 1.29 is 29.7 Å². The molecule has 2 unspecified atom stereocenters. The summed E-state index contributed by atoms with van der Waals surface area (Å²) in [7, 11) is 0. The zero-order valence-electron chi connectivity index (χ0n) is 10.0. The third kappa shape index (κ3) is 3.52. The van der Waals surface area contributed by atoms with Crippen molar-refractivity contribution in [2.45, 2.75) is 19.0 Å². The molecule has 0 heterocycles. The minimum Gasteiger partial charge on any atom is -0.480 e. The second-order valence-corrected chi connectivity index (χ2v) is 3.89. The molecule has 4 N–H and O–H groups in total. The average Bonchev–Trinajstić information content (AvgIpc) is 2.34. The Balaban J connectivity index is 3.17. The van der Waals surface area contributed by atoms with Gasteiger partial charge in [-0.15, -0.1) is 0 Å². The molecule has 0 saturated heterocycles. The molecule has 1 aromatic rings. The van der Waals surface area contributed by atoms with Crippen molar-refractivity contribution in [1.82, 2.24) is 5.32 Å². The Bertz CT molecular complexity index is 513. The van der Waals surface area contributed by atoms with E-state index in [4.69, 9.17) is 15.3 Å². The summed E-state index contributed by atoms with van der Waals surface area (Å²) in [6.07, 6.45) is 0. The highest BCUT2D eigenvalue weighted by Crippen LogP contribution is 2.19. The Morgan fingerprint density at radius 1 is 1.05 bits per heavy atom. The number of hydrogen-bond acceptors (Lipinski definition) is 4. The predicted molar refractivity (Wildman–Crippen MR) is 64.0 cm³/mol. The standard InChI is InChI=1S/C12H13NO6/c1-6(10(14)15)13-9(12(18)19)7-4-2-3-5-8(7)11(16)17/h2-6,9,13H,1H3,(H,14,15)(H,16,17)(H,18,19). The van der Waals surface area contributed by atoms with Gasteiger partial charge in [0.2, 0.25) is 0 Å². The molecule has 0 fully saturated rings. The summed E-state index contributed by atoms with van der Waals surface area (Å²) >= 11 is 0. The van der Waals surface area contributed by atoms with Gasteiger partial charge in [0.25, 0.3) is 0 Å². The summed E-state index contributed by atoms with van der Waals surface area (Å²) in [5.41, 5.74) is -0.171. The maximum atomic E-state index is 11.2. The van der Waals surface area contributed by atoms with Gasteiger partial charge in [-0.25, -0.2) is 4.79 Å². The van der Waals surface area contributed by atoms with E-state index in [0.717, 1.165) is 0 Å². The normalized spacial score (nSPS) is 13.5. The summed E-state index contributed by atoms with van der Waals surface area (Å²) in [4.78, 5) is 33.0. The molecule has 0 bridgehead atoms. The van der Waals surface area contributed by atoms with Crippen LogP contribution in [0.2, 0.25) is 0 Å². The number of aliphatic carboxylic acids is 2. The molecule has 2 atom stereocenters. The van der Waals surface area contributed by atoms with E-state index < -0.39 is 30.0 Å². The topological polar surface area (TPSA) is 124 Å². The largest absolute Gasteiger partial charge is 0.480 e. The highest BCUT2D eigenvalue weighted by Gasteiger charge is 2.27. The zero-order valence-corrected chi connectivity index (χ0v) is 10.0. The fourth-order valence-corrected chi connectivity index (χ4v) is 1.56. The fourth-order valence-electron chi connectivity index (χ4n) is 1.56. The molecular weight excluding hydrogens is 254 g/mol. The molecule has 0 amide bonds. The van der Waals surface area contributed by atoms with Crippen molar-refractivity contribution in [3.63, 3.8) is 0 Å². The number of hydrogen-bond donors (Lipinski definition) is 4. The molecule has 1 aromatic carbocycles. The van der Waals surface area contributed by atoms with Crippen LogP contribution in [0.3, 0.4) is 0 Å². The first kappa shape index (κ1) is 14.7. The minimum absolute atomic E-state index is 0.00981. The zero-order chi connectivity index (χ0) is 14.6. The van der Waals surface area contributed by atoms with E-state index in [0.29, 0.717) is 0 Å². The molecule has 1 rings (SSSR count). The lowest BCUT2D eigenvalue weighted by atomic mass is 9.99. The van der Waals surface area contributed by atoms with Gasteiger partial charge in [0.15, 0.2) is 0 Å². The van der Waals surface area contributed by atoms with Gasteiger partial charge >= 0.3 is 17.9 Å². The van der Waals surface area contributed by atoms with Crippen LogP contribution in [-0.2, 0) is 9.59 Å². The third-order valence-corrected chi connectivity index (χ3v) is 2.54. The number of nitrogens with one attached hydrogen (secondary N) is 1. The monoisotopic (exact) mass is 267 g/mol. The third-order valence-electron chi connectivity index (χ3n) is 2.54. The van der Waals surface area contributed by atoms with E-state index in [2.05, 4.69) is 5.32 Å². The SMILES string of the molecule is CC(NC(C(=O)O)c1ccccc1C(=O)O)C(=O)O. The molecule has 0 aliphatic carbocycles. The van der Waals surface area contributed by atoms with Crippen molar-refractivity contribution >= 4 is 17.9 Å². The van der Waals surface area contributed by atoms with Crippen LogP contribution in [0.15, 0.2) is 24.3 Å². The van der Waals surface area contributed by atoms with Crippen LogP contribution in [-0.4, -0.2) is 39.3 Å². The van der Waals surface area contributed by atoms with Crippen LogP contribution in [0.5, 0.6) is 0 Å². The summed E-state index contributed by atoms with van der Waals surface area (Å²) in [5, 5.41) is 29.2. The van der Waals surface area contributed by atoms with Gasteiger partial charge in [-0.2, -0.15) is 0 Å². The smallest absolute Gasteiger partial charge is 0.336 e. The molecular formula is C12H13NO6. The van der Waals surface area contributed by atoms with Crippen molar-refractivity contribution in [3.05, 3.63) is 35.4 Å². The Kier molecular flexibility index (Phi) is 4.60. The Morgan fingerprint density at radius 3 is 2.11 bits per heavy atom. The molecule has 0 aliphatic heterocycles. The van der Waals surface area contributed by atoms with Gasteiger partial charge < -0.3 is 15.3 Å². The van der Waals surface area contributed by atoms with E-state index in [9.17, 15) is 14.4 Å². The van der Waals surface area contributed by atoms with E-state index in [1.165, 1.54) is 31.2 Å². The first-order chi connectivity index (χ1) is 8.84. The van der Waals surface area contributed by atoms with Crippen LogP contribution >= 0.6 is 0 Å². The van der Waals surface area contributed by atoms with Crippen molar-refractivity contribution in [1.29, 1.82) is 0 Å². The lowest BCUT2D eigenvalue weighted by Crippen LogP contribution is -2.40. The molecule has 0 spiro atoms. The molecule has 7 nitrogen and oxygen atoms in total. The minimum atomic E-state index is -1.40. The lowest BCUT2D eigenvalue weighted by Gasteiger charge is -2.19. The maximum absolute atomic E-state index is 11.2. The maximum Gasteiger partial charge on any atom is 0.336 e. The van der Waals surface area contributed by atoms with Gasteiger partial charge in [-0.3, -0.25) is 14.9 Å². The number of aromatic carboxylic acids is 1. The van der Waals surface area contributed by atoms with Gasteiger partial charge in [-0.05, 0) is 18.6 Å². The highest BCUT2D eigenvalue weighted by atomic mass is 16.4. The van der Waals surface area contributed by atoms with Crippen LogP contribution in [0.4, 0.5) is 0 Å². The fraction of sp³-hybridized carbons (Fsp3) is 0.250. The molecule has 102 valence electrons. The van der Waals surface area contributed by atoms with Gasteiger partial charge in [0, 0.05) is 0 Å². The molecule has 0 aliphatic rings. The summed E-state index contributed by atoms with van der Waals surface area (Å²) in [6, 6.07) is 3.03. The van der Waals surface area contributed by atoms with Crippen LogP contribution in [0.25, 0.3) is 0 Å². The summed E-state index contributed by atoms with van der Waals surface area (Å²) in [5.74, 6) is -3.84. The highest BCUT2D eigenvalue weighted by molar-refractivity contribution is 5.92. The number of carbonyl (C=O) groups is 3. The Labute approximate surface area is 108 Å². The quantitative estimate of drug-likeness (QED) is 0.594. The number of carboxylic acids is 3. The van der Waals surface area contributed by atoms with Gasteiger partial charge in [-0.1, -0.05) is 18.2 Å². The average molecular weight is 267 g/mol. The van der Waals surface area contributed by atoms with E-state index in [-0.39, 0.29) is 11.1 Å². The van der Waals surface area contributed by atoms with E-state index in [1.807, 2.05) is 0 Å². The van der Waals surface area contributed by atoms with Crippen LogP contribution in [0, 0.1) is 0 Å². The lowest BCUT2D eigenvalue weighted by molar-refractivity contribution is -0.142. The number of benzene rings is 1. The number of rotatable bonds is 6. The predicted octanol–water partition coefficient (Wildman–Crippen LogP) is 0.573. The summed E-state index contributed by atoms with van der Waals surface area (Å²) in [6.45, 7) is 1.28. The van der Waals surface area contributed by atoms with Gasteiger partial charge in [0.1, 0.15) is 12.1 Å². The Hall–Kier alpha value is -2.41. The van der Waals surface area contributed by atoms with Gasteiger partial charge in [0.05, 0.1) is 5.56 Å². The first-order valence-corrected chi connectivity index (χ1v) is 5.38. The first-order valence-electron chi connectivity index (χ1n) is 5.38. The van der Waals surface area contributed by atoms with Crippen molar-refractivity contribution in [3.8, 4) is 0 Å². The Morgan fingerprint density at radius 2 is 1.63 bits per heavy atom. The van der Waals surface area contributed by atoms with Crippen LogP contribution in [0.1, 0.15) is 28.9 Å². The second-order valence-electron chi connectivity index (χ2n) is 3.89. The van der Waals surface area contributed by atoms with E-state index >= 15 is 0 Å². The molecule has 19 heavy (non-hydrogen) atoms. The molecule has 0 radical (unpaired) electrons. The summed E-state index contributed by atoms with van der Waals surface area (Å²) < 4.78 is 0. The number of carboxylic acid groups (broad SMARTS) is 3. The van der Waals surface area contributed by atoms with E-state index in [1.54, 1.807) is 0 Å².